The van der Waals surface area contributed by atoms with Gasteiger partial charge in [0.15, 0.2) is 0 Å². The standard InChI is InChI=1S/C23H36N4O4S/c1-32(30,31)16-11-20(22(24)28)25-23(29)19-9-5-6-10-21(19)27-14-12-26(13-15-27)17-18-7-3-2-4-8-18/h2-4,7-8,19-21H,5-6,9-17H2,1H3,(H2,24,28)(H,25,29)/t19?,20-,21?/m0/s1. The minimum atomic E-state index is -3.24. The van der Waals surface area contributed by atoms with Gasteiger partial charge >= 0.3 is 0 Å². The second kappa shape index (κ2) is 11.2. The summed E-state index contributed by atoms with van der Waals surface area (Å²) >= 11 is 0. The van der Waals surface area contributed by atoms with Crippen molar-refractivity contribution in [3.8, 4) is 0 Å². The number of nitrogens with one attached hydrogen (secondary N) is 1. The van der Waals surface area contributed by atoms with Gasteiger partial charge in [0.25, 0.3) is 0 Å². The van der Waals surface area contributed by atoms with Gasteiger partial charge in [-0.15, -0.1) is 0 Å². The molecule has 3 rings (SSSR count). The molecule has 1 aromatic rings. The number of piperazine rings is 1. The quantitative estimate of drug-likeness (QED) is 0.558. The van der Waals surface area contributed by atoms with Crippen molar-refractivity contribution in [1.29, 1.82) is 0 Å². The Morgan fingerprint density at radius 3 is 2.38 bits per heavy atom. The van der Waals surface area contributed by atoms with Crippen molar-refractivity contribution in [2.45, 2.75) is 50.7 Å². The number of hydrogen-bond acceptors (Lipinski definition) is 6. The fourth-order valence-electron chi connectivity index (χ4n) is 4.85. The van der Waals surface area contributed by atoms with Crippen molar-refractivity contribution in [3.05, 3.63) is 35.9 Å². The van der Waals surface area contributed by atoms with Crippen LogP contribution >= 0.6 is 0 Å². The summed E-state index contributed by atoms with van der Waals surface area (Å²) in [6.07, 6.45) is 4.93. The van der Waals surface area contributed by atoms with E-state index in [4.69, 9.17) is 5.73 Å². The Balaban J connectivity index is 1.56. The minimum absolute atomic E-state index is 0.00938. The molecule has 2 amide bonds. The Morgan fingerprint density at radius 2 is 1.75 bits per heavy atom. The highest BCUT2D eigenvalue weighted by Crippen LogP contribution is 2.30. The summed E-state index contributed by atoms with van der Waals surface area (Å²) in [7, 11) is -3.24. The number of carbonyl (C=O) groups excluding carboxylic acids is 2. The summed E-state index contributed by atoms with van der Waals surface area (Å²) in [5.74, 6) is -1.26. The van der Waals surface area contributed by atoms with E-state index in [2.05, 4.69) is 39.4 Å². The molecule has 9 heteroatoms. The van der Waals surface area contributed by atoms with E-state index < -0.39 is 21.8 Å². The number of sulfone groups is 1. The van der Waals surface area contributed by atoms with Crippen molar-refractivity contribution in [3.63, 3.8) is 0 Å². The molecule has 0 spiro atoms. The lowest BCUT2D eigenvalue weighted by Gasteiger charge is -2.44. The monoisotopic (exact) mass is 464 g/mol. The van der Waals surface area contributed by atoms with Crippen LogP contribution < -0.4 is 11.1 Å². The van der Waals surface area contributed by atoms with Gasteiger partial charge in [-0.05, 0) is 24.8 Å². The van der Waals surface area contributed by atoms with E-state index >= 15 is 0 Å². The highest BCUT2D eigenvalue weighted by molar-refractivity contribution is 7.90. The zero-order chi connectivity index (χ0) is 23.1. The summed E-state index contributed by atoms with van der Waals surface area (Å²) in [5.41, 5.74) is 6.74. The maximum atomic E-state index is 13.1. The molecule has 3 N–H and O–H groups in total. The highest BCUT2D eigenvalue weighted by atomic mass is 32.2. The predicted molar refractivity (Wildman–Crippen MR) is 124 cm³/mol. The summed E-state index contributed by atoms with van der Waals surface area (Å²) in [6, 6.07) is 9.63. The molecule has 32 heavy (non-hydrogen) atoms. The largest absolute Gasteiger partial charge is 0.368 e. The number of benzene rings is 1. The van der Waals surface area contributed by atoms with Gasteiger partial charge in [-0.3, -0.25) is 19.4 Å². The number of primary amides is 1. The zero-order valence-electron chi connectivity index (χ0n) is 18.9. The Hall–Kier alpha value is -1.97. The molecule has 1 aliphatic heterocycles. The normalized spacial score (nSPS) is 24.0. The summed E-state index contributed by atoms with van der Waals surface area (Å²) in [4.78, 5) is 29.8. The van der Waals surface area contributed by atoms with Gasteiger partial charge in [0.05, 0.1) is 11.7 Å². The molecule has 1 heterocycles. The number of carbonyl (C=O) groups is 2. The fraction of sp³-hybridized carbons (Fsp3) is 0.652. The molecule has 178 valence electrons. The first-order valence-corrected chi connectivity index (χ1v) is 13.6. The van der Waals surface area contributed by atoms with Crippen molar-refractivity contribution in [2.75, 3.05) is 38.2 Å². The Morgan fingerprint density at radius 1 is 1.09 bits per heavy atom. The Labute approximate surface area is 191 Å². The van der Waals surface area contributed by atoms with E-state index in [1.165, 1.54) is 5.56 Å². The molecule has 0 aromatic heterocycles. The lowest BCUT2D eigenvalue weighted by atomic mass is 9.82. The second-order valence-electron chi connectivity index (χ2n) is 9.14. The van der Waals surface area contributed by atoms with Crippen LogP contribution in [0.4, 0.5) is 0 Å². The van der Waals surface area contributed by atoms with E-state index in [1.54, 1.807) is 0 Å². The Bertz CT molecular complexity index is 869. The van der Waals surface area contributed by atoms with Crippen molar-refractivity contribution >= 4 is 21.7 Å². The van der Waals surface area contributed by atoms with Crippen LogP contribution in [0.2, 0.25) is 0 Å². The fourth-order valence-corrected chi connectivity index (χ4v) is 5.51. The van der Waals surface area contributed by atoms with Crippen LogP contribution in [0.1, 0.15) is 37.7 Å². The zero-order valence-corrected chi connectivity index (χ0v) is 19.7. The molecule has 2 aliphatic rings. The van der Waals surface area contributed by atoms with Crippen LogP contribution in [-0.4, -0.2) is 80.3 Å². The molecular formula is C23H36N4O4S. The summed E-state index contributed by atoms with van der Waals surface area (Å²) < 4.78 is 22.9. The first-order chi connectivity index (χ1) is 15.2. The van der Waals surface area contributed by atoms with Gasteiger partial charge in [-0.25, -0.2) is 8.42 Å². The number of rotatable bonds is 9. The van der Waals surface area contributed by atoms with Gasteiger partial charge in [0.2, 0.25) is 11.8 Å². The summed E-state index contributed by atoms with van der Waals surface area (Å²) in [5, 5.41) is 2.75. The van der Waals surface area contributed by atoms with E-state index in [1.807, 2.05) is 6.07 Å². The molecule has 1 saturated heterocycles. The molecule has 1 aliphatic carbocycles. The highest BCUT2D eigenvalue weighted by Gasteiger charge is 2.37. The van der Waals surface area contributed by atoms with E-state index in [0.29, 0.717) is 0 Å². The van der Waals surface area contributed by atoms with E-state index in [-0.39, 0.29) is 30.0 Å². The topological polar surface area (TPSA) is 113 Å². The van der Waals surface area contributed by atoms with Crippen molar-refractivity contribution in [2.24, 2.45) is 11.7 Å². The minimum Gasteiger partial charge on any atom is -0.368 e. The van der Waals surface area contributed by atoms with Gasteiger partial charge in [-0.2, -0.15) is 0 Å². The van der Waals surface area contributed by atoms with Gasteiger partial charge in [-0.1, -0.05) is 43.2 Å². The third kappa shape index (κ3) is 7.28. The number of amides is 2. The molecule has 8 nitrogen and oxygen atoms in total. The molecular weight excluding hydrogens is 428 g/mol. The van der Waals surface area contributed by atoms with E-state index in [9.17, 15) is 18.0 Å². The van der Waals surface area contributed by atoms with Gasteiger partial charge in [0.1, 0.15) is 15.9 Å². The van der Waals surface area contributed by atoms with Crippen LogP contribution in [0.25, 0.3) is 0 Å². The molecule has 2 fully saturated rings. The number of nitrogens with zero attached hydrogens (tertiary/aromatic N) is 2. The molecule has 1 saturated carbocycles. The number of nitrogens with two attached hydrogens (primary N) is 1. The van der Waals surface area contributed by atoms with Crippen LogP contribution in [0.5, 0.6) is 0 Å². The SMILES string of the molecule is CS(=O)(=O)CC[C@H](NC(=O)C1CCCCC1N1CCN(Cc2ccccc2)CC1)C(N)=O. The van der Waals surface area contributed by atoms with Gasteiger partial charge < -0.3 is 11.1 Å². The third-order valence-electron chi connectivity index (χ3n) is 6.63. The van der Waals surface area contributed by atoms with Crippen LogP contribution in [-0.2, 0) is 26.0 Å². The molecule has 3 atom stereocenters. The van der Waals surface area contributed by atoms with Gasteiger partial charge in [0, 0.05) is 45.0 Å². The lowest BCUT2D eigenvalue weighted by molar-refractivity contribution is -0.133. The van der Waals surface area contributed by atoms with Crippen molar-refractivity contribution < 1.29 is 18.0 Å². The maximum Gasteiger partial charge on any atom is 0.240 e. The second-order valence-corrected chi connectivity index (χ2v) is 11.4. The average molecular weight is 465 g/mol. The number of hydrogen-bond donors (Lipinski definition) is 2. The molecule has 2 unspecified atom stereocenters. The first-order valence-electron chi connectivity index (χ1n) is 11.5. The van der Waals surface area contributed by atoms with Crippen LogP contribution in [0, 0.1) is 5.92 Å². The molecule has 0 bridgehead atoms. The first kappa shape index (κ1) is 24.7. The molecule has 0 radical (unpaired) electrons. The predicted octanol–water partition coefficient (Wildman–Crippen LogP) is 0.768. The summed E-state index contributed by atoms with van der Waals surface area (Å²) in [6.45, 7) is 4.67. The maximum absolute atomic E-state index is 13.1. The molecule has 1 aromatic carbocycles. The van der Waals surface area contributed by atoms with Crippen LogP contribution in [0.15, 0.2) is 30.3 Å². The Kier molecular flexibility index (Phi) is 8.67. The van der Waals surface area contributed by atoms with Crippen LogP contribution in [0.3, 0.4) is 0 Å². The van der Waals surface area contributed by atoms with Crippen molar-refractivity contribution in [1.82, 2.24) is 15.1 Å². The van der Waals surface area contributed by atoms with E-state index in [0.717, 1.165) is 64.7 Å². The average Bonchev–Trinajstić information content (AvgIpc) is 2.77. The lowest BCUT2D eigenvalue weighted by Crippen LogP contribution is -2.56. The smallest absolute Gasteiger partial charge is 0.240 e. The third-order valence-corrected chi connectivity index (χ3v) is 7.61.